The first-order valence-corrected chi connectivity index (χ1v) is 8.56. The Hall–Kier alpha value is -3.00. The van der Waals surface area contributed by atoms with Gasteiger partial charge in [-0.15, -0.1) is 0 Å². The van der Waals surface area contributed by atoms with Gasteiger partial charge in [-0.2, -0.15) is 0 Å². The van der Waals surface area contributed by atoms with E-state index in [0.717, 1.165) is 11.1 Å². The molecule has 5 rings (SSSR count). The predicted molar refractivity (Wildman–Crippen MR) is 96.8 cm³/mol. The van der Waals surface area contributed by atoms with Gasteiger partial charge in [0.05, 0.1) is 0 Å². The fourth-order valence-corrected chi connectivity index (χ4v) is 4.17. The first-order chi connectivity index (χ1) is 12.2. The smallest absolute Gasteiger partial charge is 0.178 e. The van der Waals surface area contributed by atoms with Gasteiger partial charge in [-0.05, 0) is 23.1 Å². The number of carbonyl (C=O) groups is 2. The third-order valence-corrected chi connectivity index (χ3v) is 5.61. The summed E-state index contributed by atoms with van der Waals surface area (Å²) in [6.45, 7) is 0. The summed E-state index contributed by atoms with van der Waals surface area (Å²) in [5.74, 6) is 0.0141. The lowest BCUT2D eigenvalue weighted by molar-refractivity contribution is 0.0809. The van der Waals surface area contributed by atoms with E-state index >= 15 is 0 Å². The largest absolute Gasteiger partial charge is 0.293 e. The number of ketones is 2. The molecule has 0 aromatic heterocycles. The number of rotatable bonds is 2. The Labute approximate surface area is 146 Å². The Balaban J connectivity index is 1.47. The third kappa shape index (κ3) is 1.91. The Morgan fingerprint density at radius 1 is 0.640 bits per heavy atom. The number of carbonyl (C=O) groups excluding carboxylic acids is 2. The molecule has 25 heavy (non-hydrogen) atoms. The molecule has 0 N–H and O–H groups in total. The fourth-order valence-electron chi connectivity index (χ4n) is 4.17. The molecule has 0 radical (unpaired) electrons. The van der Waals surface area contributed by atoms with Crippen molar-refractivity contribution >= 4 is 11.6 Å². The molecule has 3 aromatic rings. The van der Waals surface area contributed by atoms with Crippen LogP contribution in [0.25, 0.3) is 11.1 Å². The molecular formula is C23H16O2. The summed E-state index contributed by atoms with van der Waals surface area (Å²) < 4.78 is 0. The molecule has 1 saturated carbocycles. The molecular weight excluding hydrogens is 308 g/mol. The molecule has 1 fully saturated rings. The average Bonchev–Trinajstić information content (AvgIpc) is 3.40. The zero-order chi connectivity index (χ0) is 17.0. The molecule has 0 saturated heterocycles. The first kappa shape index (κ1) is 14.4. The molecule has 0 aliphatic heterocycles. The molecule has 2 aliphatic rings. The molecule has 2 heteroatoms. The van der Waals surface area contributed by atoms with Crippen LogP contribution in [0.2, 0.25) is 0 Å². The highest BCUT2D eigenvalue weighted by atomic mass is 16.2. The minimum atomic E-state index is -0.835. The van der Waals surface area contributed by atoms with Gasteiger partial charge in [0.15, 0.2) is 11.6 Å². The quantitative estimate of drug-likeness (QED) is 0.628. The monoisotopic (exact) mass is 324 g/mol. The number of Topliss-reactive ketones (excluding diaryl/α,β-unsaturated/α-hetero) is 2. The van der Waals surface area contributed by atoms with Crippen LogP contribution in [0.1, 0.15) is 38.6 Å². The van der Waals surface area contributed by atoms with Crippen LogP contribution in [-0.2, 0) is 0 Å². The summed E-state index contributed by atoms with van der Waals surface area (Å²) in [4.78, 5) is 25.7. The third-order valence-electron chi connectivity index (χ3n) is 5.61. The minimum absolute atomic E-state index is 0.00437. The SMILES string of the molecule is O=C1c2ccccc2C(=O)C12CC2c1ccc(-c2ccccc2)cc1. The van der Waals surface area contributed by atoms with E-state index < -0.39 is 5.41 Å². The molecule has 1 atom stereocenters. The number of benzene rings is 3. The molecule has 1 unspecified atom stereocenters. The Kier molecular flexibility index (Phi) is 2.87. The van der Waals surface area contributed by atoms with Gasteiger partial charge >= 0.3 is 0 Å². The second kappa shape index (κ2) is 5.00. The maximum absolute atomic E-state index is 12.8. The van der Waals surface area contributed by atoms with Crippen molar-refractivity contribution in [1.82, 2.24) is 0 Å². The van der Waals surface area contributed by atoms with E-state index in [1.165, 1.54) is 5.56 Å². The van der Waals surface area contributed by atoms with Crippen molar-refractivity contribution in [2.75, 3.05) is 0 Å². The Bertz CT molecular complexity index is 965. The number of fused-ring (bicyclic) bond motifs is 1. The summed E-state index contributed by atoms with van der Waals surface area (Å²) in [7, 11) is 0. The molecule has 2 aliphatic carbocycles. The van der Waals surface area contributed by atoms with E-state index in [-0.39, 0.29) is 17.5 Å². The van der Waals surface area contributed by atoms with Gasteiger partial charge in [-0.3, -0.25) is 9.59 Å². The summed E-state index contributed by atoms with van der Waals surface area (Å²) in [5, 5.41) is 0. The lowest BCUT2D eigenvalue weighted by Crippen LogP contribution is -2.18. The molecule has 1 spiro atoms. The zero-order valence-electron chi connectivity index (χ0n) is 13.6. The van der Waals surface area contributed by atoms with Gasteiger partial charge < -0.3 is 0 Å². The highest BCUT2D eigenvalue weighted by Crippen LogP contribution is 2.65. The summed E-state index contributed by atoms with van der Waals surface area (Å²) in [6, 6.07) is 25.7. The van der Waals surface area contributed by atoms with Crippen LogP contribution in [0.3, 0.4) is 0 Å². The van der Waals surface area contributed by atoms with E-state index in [1.54, 1.807) is 12.1 Å². The summed E-state index contributed by atoms with van der Waals surface area (Å²) >= 11 is 0. The van der Waals surface area contributed by atoms with Gasteiger partial charge in [-0.1, -0.05) is 78.9 Å². The van der Waals surface area contributed by atoms with Gasteiger partial charge in [0.1, 0.15) is 5.41 Å². The van der Waals surface area contributed by atoms with Gasteiger partial charge in [0, 0.05) is 17.0 Å². The molecule has 0 bridgehead atoms. The lowest BCUT2D eigenvalue weighted by atomic mass is 9.93. The highest BCUT2D eigenvalue weighted by molar-refractivity contribution is 6.32. The maximum atomic E-state index is 12.8. The van der Waals surface area contributed by atoms with Crippen LogP contribution in [0.4, 0.5) is 0 Å². The van der Waals surface area contributed by atoms with Crippen molar-refractivity contribution in [3.63, 3.8) is 0 Å². The first-order valence-electron chi connectivity index (χ1n) is 8.56. The van der Waals surface area contributed by atoms with Crippen LogP contribution >= 0.6 is 0 Å². The normalized spacial score (nSPS) is 19.9. The van der Waals surface area contributed by atoms with Crippen LogP contribution < -0.4 is 0 Å². The zero-order valence-corrected chi connectivity index (χ0v) is 13.6. The van der Waals surface area contributed by atoms with Crippen molar-refractivity contribution in [3.05, 3.63) is 95.6 Å². The Morgan fingerprint density at radius 2 is 1.16 bits per heavy atom. The minimum Gasteiger partial charge on any atom is -0.293 e. The lowest BCUT2D eigenvalue weighted by Gasteiger charge is -2.08. The van der Waals surface area contributed by atoms with Crippen LogP contribution in [0.15, 0.2) is 78.9 Å². The highest BCUT2D eigenvalue weighted by Gasteiger charge is 2.68. The molecule has 120 valence electrons. The van der Waals surface area contributed by atoms with Crippen LogP contribution in [0.5, 0.6) is 0 Å². The Morgan fingerprint density at radius 3 is 1.76 bits per heavy atom. The van der Waals surface area contributed by atoms with E-state index in [9.17, 15) is 9.59 Å². The fraction of sp³-hybridized carbons (Fsp3) is 0.130. The topological polar surface area (TPSA) is 34.1 Å². The molecule has 0 amide bonds. The van der Waals surface area contributed by atoms with Crippen molar-refractivity contribution in [1.29, 1.82) is 0 Å². The van der Waals surface area contributed by atoms with Gasteiger partial charge in [-0.25, -0.2) is 0 Å². The van der Waals surface area contributed by atoms with Crippen LogP contribution in [-0.4, -0.2) is 11.6 Å². The van der Waals surface area contributed by atoms with E-state index in [0.29, 0.717) is 17.5 Å². The summed E-state index contributed by atoms with van der Waals surface area (Å²) in [6.07, 6.45) is 0.629. The molecule has 0 heterocycles. The second-order valence-electron chi connectivity index (χ2n) is 6.92. The number of hydrogen-bond acceptors (Lipinski definition) is 2. The summed E-state index contributed by atoms with van der Waals surface area (Å²) in [5.41, 5.74) is 3.74. The van der Waals surface area contributed by atoms with E-state index in [1.807, 2.05) is 30.3 Å². The maximum Gasteiger partial charge on any atom is 0.178 e. The van der Waals surface area contributed by atoms with Crippen molar-refractivity contribution in [2.24, 2.45) is 5.41 Å². The average molecular weight is 324 g/mol. The van der Waals surface area contributed by atoms with Crippen molar-refractivity contribution in [3.8, 4) is 11.1 Å². The standard InChI is InChI=1S/C23H16O2/c24-21-18-8-4-5-9-19(18)22(25)23(21)14-20(23)17-12-10-16(11-13-17)15-6-2-1-3-7-15/h1-13,20H,14H2. The predicted octanol–water partition coefficient (Wildman–Crippen LogP) is 4.91. The van der Waals surface area contributed by atoms with Crippen molar-refractivity contribution < 1.29 is 9.59 Å². The van der Waals surface area contributed by atoms with Crippen molar-refractivity contribution in [2.45, 2.75) is 12.3 Å². The molecule has 3 aromatic carbocycles. The van der Waals surface area contributed by atoms with E-state index in [2.05, 4.69) is 36.4 Å². The van der Waals surface area contributed by atoms with E-state index in [4.69, 9.17) is 0 Å². The van der Waals surface area contributed by atoms with Crippen LogP contribution in [0, 0.1) is 5.41 Å². The van der Waals surface area contributed by atoms with Gasteiger partial charge in [0.25, 0.3) is 0 Å². The van der Waals surface area contributed by atoms with Gasteiger partial charge in [0.2, 0.25) is 0 Å². The molecule has 2 nitrogen and oxygen atoms in total. The number of hydrogen-bond donors (Lipinski definition) is 0. The second-order valence-corrected chi connectivity index (χ2v) is 6.92.